The second kappa shape index (κ2) is 27.7. The topological polar surface area (TPSA) is 91.8 Å². The van der Waals surface area contributed by atoms with Gasteiger partial charge in [0.2, 0.25) is 0 Å². The van der Waals surface area contributed by atoms with Crippen LogP contribution in [0.4, 0.5) is 68.2 Å². The lowest BCUT2D eigenvalue weighted by molar-refractivity contribution is 0.664. The molecule has 126 heavy (non-hydrogen) atoms. The van der Waals surface area contributed by atoms with Gasteiger partial charge in [0.15, 0.2) is 44.7 Å². The molecule has 0 aliphatic carbocycles. The van der Waals surface area contributed by atoms with E-state index in [1.807, 2.05) is 24.3 Å². The molecule has 0 fully saturated rings. The van der Waals surface area contributed by atoms with Gasteiger partial charge in [0.05, 0.1) is 45.5 Å². The number of nitrogens with zero attached hydrogens (tertiary/aromatic N) is 4. The average Bonchev–Trinajstić information content (AvgIpc) is 1.55. The van der Waals surface area contributed by atoms with E-state index in [1.165, 1.54) is 0 Å². The molecule has 26 rings (SSSR count). The Morgan fingerprint density at radius 1 is 0.175 bits per heavy atom. The molecule has 0 aliphatic heterocycles. The minimum Gasteiger partial charge on any atom is -0.454 e. The maximum atomic E-state index is 8.09. The Balaban J connectivity index is 0.690. The van der Waals surface area contributed by atoms with E-state index >= 15 is 0 Å². The van der Waals surface area contributed by atoms with Crippen LogP contribution in [0.2, 0.25) is 0 Å². The third-order valence-corrected chi connectivity index (χ3v) is 25.9. The summed E-state index contributed by atoms with van der Waals surface area (Å²) < 4.78 is 44.2. The Kier molecular flexibility index (Phi) is 15.7. The molecule has 20 aromatic carbocycles. The SMILES string of the molecule is Cc1ccc(N(c2cccc3c2oc2ccccc23)c2cc3ccccc3c3c2oc2c(N(c4ccc(Cc5ccc6cc(N(c7cccc(C)c7)c7cccc8c7oc7ccccc78)c7oc8c(N(c9cccc(C)c9)c9cccc%10c9oc9ccccc9%10)cc9ccccc9c8c7c6c5)cc4)c4cccc5c4oc4ccccc45)cc4ccccc4c23)cc1. The largest absolute Gasteiger partial charge is 0.454 e. The second-order valence-corrected chi connectivity index (χ2v) is 33.5. The van der Waals surface area contributed by atoms with E-state index in [-0.39, 0.29) is 0 Å². The number of anilines is 12. The highest BCUT2D eigenvalue weighted by atomic mass is 16.4. The number of rotatable bonds is 14. The molecule has 26 aromatic rings. The van der Waals surface area contributed by atoms with Gasteiger partial charge in [0, 0.05) is 87.4 Å². The summed E-state index contributed by atoms with van der Waals surface area (Å²) in [6.07, 6.45) is 0.603. The van der Waals surface area contributed by atoms with Crippen LogP contribution >= 0.6 is 0 Å². The van der Waals surface area contributed by atoms with E-state index in [0.717, 1.165) is 271 Å². The number of benzene rings is 20. The maximum absolute atomic E-state index is 8.09. The van der Waals surface area contributed by atoms with Crippen molar-refractivity contribution in [2.45, 2.75) is 27.2 Å². The fourth-order valence-electron chi connectivity index (χ4n) is 20.2. The van der Waals surface area contributed by atoms with Crippen LogP contribution in [0.25, 0.3) is 175 Å². The minimum absolute atomic E-state index is 0.603. The molecule has 594 valence electrons. The summed E-state index contributed by atoms with van der Waals surface area (Å²) in [5, 5.41) is 20.8. The molecule has 0 bridgehead atoms. The van der Waals surface area contributed by atoms with E-state index in [9.17, 15) is 0 Å². The lowest BCUT2D eigenvalue weighted by Gasteiger charge is -2.27. The van der Waals surface area contributed by atoms with Gasteiger partial charge in [0.25, 0.3) is 0 Å². The molecule has 0 radical (unpaired) electrons. The van der Waals surface area contributed by atoms with Crippen LogP contribution in [0.5, 0.6) is 0 Å². The van der Waals surface area contributed by atoms with Crippen LogP contribution in [0, 0.1) is 20.8 Å². The first-order valence-corrected chi connectivity index (χ1v) is 42.9. The molecule has 0 saturated carbocycles. The molecule has 0 amide bonds. The van der Waals surface area contributed by atoms with Gasteiger partial charge in [-0.3, -0.25) is 0 Å². The zero-order valence-electron chi connectivity index (χ0n) is 68.8. The van der Waals surface area contributed by atoms with Crippen molar-refractivity contribution in [2.75, 3.05) is 19.6 Å². The Labute approximate surface area is 721 Å². The first-order valence-electron chi connectivity index (χ1n) is 42.9. The van der Waals surface area contributed by atoms with Crippen molar-refractivity contribution in [1.29, 1.82) is 0 Å². The third kappa shape index (κ3) is 10.9. The van der Waals surface area contributed by atoms with Crippen molar-refractivity contribution in [2.24, 2.45) is 0 Å². The van der Waals surface area contributed by atoms with Crippen molar-refractivity contribution < 1.29 is 26.5 Å². The molecule has 0 aliphatic rings. The summed E-state index contributed by atoms with van der Waals surface area (Å²) in [5.41, 5.74) is 25.6. The number of aryl methyl sites for hydroxylation is 3. The maximum Gasteiger partial charge on any atom is 0.160 e. The lowest BCUT2D eigenvalue weighted by Crippen LogP contribution is -2.11. The molecule has 0 N–H and O–H groups in total. The third-order valence-electron chi connectivity index (χ3n) is 25.9. The van der Waals surface area contributed by atoms with Crippen LogP contribution in [-0.4, -0.2) is 0 Å². The van der Waals surface area contributed by atoms with Gasteiger partial charge in [-0.2, -0.15) is 0 Å². The molecule has 10 heteroatoms. The minimum atomic E-state index is 0.603. The fourth-order valence-corrected chi connectivity index (χ4v) is 20.2. The Hall–Kier alpha value is -16.6. The van der Waals surface area contributed by atoms with Gasteiger partial charge in [-0.1, -0.05) is 266 Å². The van der Waals surface area contributed by atoms with Crippen LogP contribution in [0.1, 0.15) is 27.8 Å². The fraction of sp³-hybridized carbons (Fsp3) is 0.0345. The van der Waals surface area contributed by atoms with E-state index < -0.39 is 0 Å². The first kappa shape index (κ1) is 71.2. The van der Waals surface area contributed by atoms with Crippen LogP contribution in [0.3, 0.4) is 0 Å². The molecule has 0 saturated heterocycles. The zero-order chi connectivity index (χ0) is 83.1. The van der Waals surface area contributed by atoms with Crippen LogP contribution in [-0.2, 0) is 6.42 Å². The standard InChI is InChI=1S/C116H74N4O6/c1-68-50-56-77(57-51-68)117(93-42-20-38-88-84-34-10-14-46-101(84)121-109(88)93)97-64-73-26-4-7-31-81(73)105-106-82-32-8-5-27-74(82)65-98(114(106)125-113(97)105)118(94-43-21-39-89-85-35-11-15-47-102(85)122-110(89)94)78-58-53-71(54-59-78)62-72-52-55-76-67-100(120(80-30-19-25-70(3)61-80)96-45-23-41-91-87-37-13-17-49-104(87)124-112(91)96)116-108(92(76)63-72)107-83-33-9-6-28-75(83)66-99(115(107)126-116)119(79-29-18-24-69(2)60-79)95-44-22-40-90-86-36-12-16-48-103(86)123-111(90)95/h4-61,63-67H,62H2,1-3H3. The zero-order valence-corrected chi connectivity index (χ0v) is 68.8. The smallest absolute Gasteiger partial charge is 0.160 e. The molecule has 0 atom stereocenters. The summed E-state index contributed by atoms with van der Waals surface area (Å²) in [6.45, 7) is 6.44. The molecule has 0 unspecified atom stereocenters. The number of para-hydroxylation sites is 8. The Morgan fingerprint density at radius 3 is 0.817 bits per heavy atom. The average molecular weight is 1620 g/mol. The van der Waals surface area contributed by atoms with Gasteiger partial charge < -0.3 is 46.1 Å². The number of fused-ring (bicyclic) bond motifs is 26. The van der Waals surface area contributed by atoms with Crippen molar-refractivity contribution in [1.82, 2.24) is 0 Å². The highest BCUT2D eigenvalue weighted by molar-refractivity contribution is 6.34. The van der Waals surface area contributed by atoms with Gasteiger partial charge in [-0.05, 0) is 214 Å². The molecule has 6 aromatic heterocycles. The number of furan rings is 6. The van der Waals surface area contributed by atoms with Crippen LogP contribution < -0.4 is 19.6 Å². The van der Waals surface area contributed by atoms with E-state index in [4.69, 9.17) is 26.5 Å². The first-order chi connectivity index (χ1) is 62.2. The summed E-state index contributed by atoms with van der Waals surface area (Å²) in [5.74, 6) is 0. The predicted molar refractivity (Wildman–Crippen MR) is 522 cm³/mol. The monoisotopic (exact) mass is 1620 g/mol. The van der Waals surface area contributed by atoms with Gasteiger partial charge in [0.1, 0.15) is 22.3 Å². The van der Waals surface area contributed by atoms with Crippen molar-refractivity contribution in [3.8, 4) is 0 Å². The molecule has 6 heterocycles. The van der Waals surface area contributed by atoms with Crippen molar-refractivity contribution in [3.05, 3.63) is 410 Å². The summed E-state index contributed by atoms with van der Waals surface area (Å²) in [6, 6.07) is 137. The summed E-state index contributed by atoms with van der Waals surface area (Å²) in [4.78, 5) is 9.39. The number of hydrogen-bond donors (Lipinski definition) is 0. The summed E-state index contributed by atoms with van der Waals surface area (Å²) >= 11 is 0. The van der Waals surface area contributed by atoms with Crippen molar-refractivity contribution >= 4 is 243 Å². The van der Waals surface area contributed by atoms with Gasteiger partial charge in [-0.25, -0.2) is 0 Å². The molecular formula is C116H74N4O6. The van der Waals surface area contributed by atoms with Crippen LogP contribution in [0.15, 0.2) is 409 Å². The number of hydrogen-bond acceptors (Lipinski definition) is 10. The highest BCUT2D eigenvalue weighted by Gasteiger charge is 2.34. The quantitative estimate of drug-likeness (QED) is 0.105. The van der Waals surface area contributed by atoms with Gasteiger partial charge in [-0.15, -0.1) is 0 Å². The second-order valence-electron chi connectivity index (χ2n) is 33.5. The normalized spacial score (nSPS) is 12.1. The van der Waals surface area contributed by atoms with E-state index in [0.29, 0.717) is 6.42 Å². The summed E-state index contributed by atoms with van der Waals surface area (Å²) in [7, 11) is 0. The molecule has 10 nitrogen and oxygen atoms in total. The van der Waals surface area contributed by atoms with Gasteiger partial charge >= 0.3 is 0 Å². The highest BCUT2D eigenvalue weighted by Crippen LogP contribution is 2.57. The molecule has 0 spiro atoms. The van der Waals surface area contributed by atoms with Crippen molar-refractivity contribution in [3.63, 3.8) is 0 Å². The van der Waals surface area contributed by atoms with E-state index in [2.05, 4.69) is 398 Å². The predicted octanol–water partition coefficient (Wildman–Crippen LogP) is 34.1. The lowest BCUT2D eigenvalue weighted by atomic mass is 9.94. The van der Waals surface area contributed by atoms with E-state index in [1.54, 1.807) is 0 Å². The Morgan fingerprint density at radius 2 is 0.460 bits per heavy atom. The molecular weight excluding hydrogens is 1550 g/mol. The Bertz CT molecular complexity index is 9050.